The van der Waals surface area contributed by atoms with Gasteiger partial charge >= 0.3 is 5.97 Å². The minimum Gasteiger partial charge on any atom is -0.477 e. The van der Waals surface area contributed by atoms with Crippen molar-refractivity contribution >= 4 is 17.8 Å². The molecular weight excluding hydrogens is 1030 g/mol. The summed E-state index contributed by atoms with van der Waals surface area (Å²) in [6, 6.07) is -3.03. The van der Waals surface area contributed by atoms with E-state index in [0.29, 0.717) is 12.8 Å². The third-order valence-electron chi connectivity index (χ3n) is 15.7. The molecule has 2 fully saturated rings. The van der Waals surface area contributed by atoms with Crippen molar-refractivity contribution in [3.8, 4) is 0 Å². The number of carboxylic acids is 1. The molecule has 0 radical (unpaired) electrons. The van der Waals surface area contributed by atoms with Crippen LogP contribution in [0.5, 0.6) is 0 Å². The Morgan fingerprint density at radius 3 is 1.54 bits per heavy atom. The van der Waals surface area contributed by atoms with Crippen LogP contribution in [0.2, 0.25) is 0 Å². The Bertz CT molecular complexity index is 1570. The highest BCUT2D eigenvalue weighted by Gasteiger charge is 2.57. The minimum absolute atomic E-state index is 0.142. The molecule has 0 spiro atoms. The Morgan fingerprint density at radius 2 is 1.09 bits per heavy atom. The fourth-order valence-corrected chi connectivity index (χ4v) is 10.5. The Labute approximate surface area is 471 Å². The fraction of sp³-hybridized carbons (Fsp3) is 0.948. The van der Waals surface area contributed by atoms with Gasteiger partial charge in [0, 0.05) is 6.42 Å². The number of nitrogens with one attached hydrogen (secondary N) is 2. The fourth-order valence-electron chi connectivity index (χ4n) is 10.5. The number of carboxylic acid groups (broad SMARTS) is 1. The van der Waals surface area contributed by atoms with Crippen LogP contribution in [0, 0.1) is 5.92 Å². The molecule has 0 aromatic rings. The van der Waals surface area contributed by atoms with Gasteiger partial charge in [-0.2, -0.15) is 0 Å². The summed E-state index contributed by atoms with van der Waals surface area (Å²) in [4.78, 5) is 38.3. The van der Waals surface area contributed by atoms with Crippen molar-refractivity contribution in [2.24, 2.45) is 5.92 Å². The smallest absolute Gasteiger partial charge is 0.364 e. The highest BCUT2D eigenvalue weighted by atomic mass is 16.7. The lowest BCUT2D eigenvalue weighted by Crippen LogP contribution is -2.68. The highest BCUT2D eigenvalue weighted by molar-refractivity contribution is 5.80. The molecule has 0 bridgehead atoms. The van der Waals surface area contributed by atoms with Gasteiger partial charge in [-0.25, -0.2) is 4.79 Å². The minimum atomic E-state index is -2.89. The Kier molecular flexibility index (Phi) is 39.3. The molecule has 2 amide bonds. The lowest BCUT2D eigenvalue weighted by atomic mass is 9.88. The second kappa shape index (κ2) is 42.6. The maximum Gasteiger partial charge on any atom is 0.364 e. The number of hydrogen-bond donors (Lipinski definition) is 14. The number of carbonyl (C=O) groups is 3. The van der Waals surface area contributed by atoms with Gasteiger partial charge in [0.05, 0.1) is 44.1 Å². The van der Waals surface area contributed by atoms with Crippen molar-refractivity contribution in [3.05, 3.63) is 0 Å². The van der Waals surface area contributed by atoms with Gasteiger partial charge in [0.1, 0.15) is 61.5 Å². The number of aliphatic hydroxyl groups excluding tert-OH is 11. The average molecular weight is 1140 g/mol. The Morgan fingerprint density at radius 1 is 0.620 bits per heavy atom. The van der Waals surface area contributed by atoms with Crippen LogP contribution in [-0.4, -0.2) is 197 Å². The summed E-state index contributed by atoms with van der Waals surface area (Å²) in [6.07, 6.45) is 10.8. The van der Waals surface area contributed by atoms with Crippen LogP contribution in [0.25, 0.3) is 0 Å². The lowest BCUT2D eigenvalue weighted by Gasteiger charge is -2.47. The molecule has 2 heterocycles. The van der Waals surface area contributed by atoms with Gasteiger partial charge < -0.3 is 90.9 Å². The predicted octanol–water partition coefficient (Wildman–Crippen LogP) is 4.29. The van der Waals surface area contributed by atoms with Crippen LogP contribution in [0.1, 0.15) is 226 Å². The first kappa shape index (κ1) is 72.9. The number of amides is 2. The second-order valence-corrected chi connectivity index (χ2v) is 23.1. The molecule has 0 saturated carbocycles. The summed E-state index contributed by atoms with van der Waals surface area (Å²) >= 11 is 0. The van der Waals surface area contributed by atoms with E-state index in [2.05, 4.69) is 31.4 Å². The van der Waals surface area contributed by atoms with Crippen LogP contribution >= 0.6 is 0 Å². The number of ether oxygens (including phenoxy) is 4. The quantitative estimate of drug-likeness (QED) is 0.0378. The van der Waals surface area contributed by atoms with E-state index in [1.165, 1.54) is 122 Å². The van der Waals surface area contributed by atoms with E-state index in [9.17, 15) is 75.7 Å². The lowest BCUT2D eigenvalue weighted by molar-refractivity contribution is -0.339. The third-order valence-corrected chi connectivity index (χ3v) is 15.7. The van der Waals surface area contributed by atoms with E-state index in [0.717, 1.165) is 57.3 Å². The molecule has 2 aliphatic rings. The summed E-state index contributed by atoms with van der Waals surface area (Å²) in [6.45, 7) is 2.98. The SMILES string of the molecule is CCCCCCCCCCCCCCCCCCCC[C@@H](O)C(=O)N[C@@H](CO[C@@H]1O[C@H](CO[C@]2(C(=O)O)C[C@H](O)[C@@H](NC(=O)CO)[C@H]([C@H](O)[C@H](O)CO)O2)[C@@H](O)[C@H](O)[C@H]1O)[C@H](O)[C@H](O)CCCCCCCCCCCCC(C)C. The molecule has 0 aromatic heterocycles. The molecule has 14 N–H and O–H groups in total. The Balaban J connectivity index is 2.04. The molecule has 0 aromatic carbocycles. The standard InChI is InChI=1S/C58H110N2O19/c1-4-5-6-7-8-9-10-11-12-13-14-15-16-17-22-25-28-31-34-43(64)55(73)59-41(49(68)42(63)33-30-27-24-21-19-18-20-23-26-29-32-40(2)3)38-76-56-53(72)52(71)51(70)46(78-56)39-77-58(57(74)75)35-44(65)48(60-47(67)37-62)54(79-58)50(69)45(66)36-61/h40-46,48-54,56,61-66,68-72H,4-39H2,1-3H3,(H,59,73)(H,60,67)(H,74,75)/t41-,42+,43+,44-,45+,46+,48+,49-,50+,51+,52-,53+,54+,56+,58+/m0/s1. The van der Waals surface area contributed by atoms with E-state index >= 15 is 0 Å². The predicted molar refractivity (Wildman–Crippen MR) is 296 cm³/mol. The van der Waals surface area contributed by atoms with Crippen molar-refractivity contribution in [2.75, 3.05) is 26.4 Å². The van der Waals surface area contributed by atoms with Crippen LogP contribution in [0.3, 0.4) is 0 Å². The van der Waals surface area contributed by atoms with Crippen molar-refractivity contribution in [3.63, 3.8) is 0 Å². The molecule has 2 saturated heterocycles. The number of unbranched alkanes of at least 4 members (excludes halogenated alkanes) is 26. The monoisotopic (exact) mass is 1140 g/mol. The van der Waals surface area contributed by atoms with E-state index in [-0.39, 0.29) is 12.8 Å². The summed E-state index contributed by atoms with van der Waals surface area (Å²) in [5.41, 5.74) is 0. The topological polar surface area (TPSA) is 355 Å². The van der Waals surface area contributed by atoms with E-state index in [4.69, 9.17) is 18.9 Å². The second-order valence-electron chi connectivity index (χ2n) is 23.1. The maximum atomic E-state index is 13.5. The van der Waals surface area contributed by atoms with Gasteiger partial charge in [-0.15, -0.1) is 0 Å². The first-order chi connectivity index (χ1) is 37.8. The Hall–Kier alpha value is -2.19. The van der Waals surface area contributed by atoms with Crippen LogP contribution in [0.15, 0.2) is 0 Å². The van der Waals surface area contributed by atoms with Crippen molar-refractivity contribution in [2.45, 2.75) is 318 Å². The van der Waals surface area contributed by atoms with Crippen LogP contribution in [0.4, 0.5) is 0 Å². The molecule has 466 valence electrons. The molecule has 0 unspecified atom stereocenters. The highest BCUT2D eigenvalue weighted by Crippen LogP contribution is 2.35. The first-order valence-electron chi connectivity index (χ1n) is 30.6. The number of aliphatic carboxylic acids is 1. The zero-order chi connectivity index (χ0) is 58.6. The van der Waals surface area contributed by atoms with Gasteiger partial charge in [-0.05, 0) is 18.8 Å². The number of rotatable bonds is 48. The average Bonchev–Trinajstić information content (AvgIpc) is 3.47. The van der Waals surface area contributed by atoms with Gasteiger partial charge in [0.25, 0.3) is 5.79 Å². The normalized spacial score (nSPS) is 25.9. The maximum absolute atomic E-state index is 13.5. The first-order valence-corrected chi connectivity index (χ1v) is 30.6. The zero-order valence-corrected chi connectivity index (χ0v) is 48.3. The number of aliphatic hydroxyl groups is 11. The van der Waals surface area contributed by atoms with E-state index in [1.54, 1.807) is 0 Å². The van der Waals surface area contributed by atoms with Crippen molar-refractivity contribution in [1.82, 2.24) is 10.6 Å². The zero-order valence-electron chi connectivity index (χ0n) is 48.3. The van der Waals surface area contributed by atoms with Crippen molar-refractivity contribution < 1.29 is 94.6 Å². The van der Waals surface area contributed by atoms with Crippen molar-refractivity contribution in [1.29, 1.82) is 0 Å². The molecule has 2 rings (SSSR count). The molecule has 2 aliphatic heterocycles. The molecule has 0 aliphatic carbocycles. The summed E-state index contributed by atoms with van der Waals surface area (Å²) in [5.74, 6) is -5.95. The molecule has 21 heteroatoms. The summed E-state index contributed by atoms with van der Waals surface area (Å²) in [7, 11) is 0. The van der Waals surface area contributed by atoms with E-state index in [1.807, 2.05) is 0 Å². The van der Waals surface area contributed by atoms with Crippen LogP contribution < -0.4 is 10.6 Å². The van der Waals surface area contributed by atoms with Gasteiger partial charge in [0.2, 0.25) is 11.8 Å². The van der Waals surface area contributed by atoms with Gasteiger partial charge in [-0.3, -0.25) is 9.59 Å². The largest absolute Gasteiger partial charge is 0.477 e. The molecule has 15 atom stereocenters. The molecular formula is C58H110N2O19. The molecule has 79 heavy (non-hydrogen) atoms. The number of hydrogen-bond acceptors (Lipinski definition) is 18. The summed E-state index contributed by atoms with van der Waals surface area (Å²) in [5, 5.41) is 132. The molecule has 21 nitrogen and oxygen atoms in total. The van der Waals surface area contributed by atoms with Gasteiger partial charge in [0.15, 0.2) is 6.29 Å². The third kappa shape index (κ3) is 28.8. The van der Waals surface area contributed by atoms with E-state index < -0.39 is 142 Å². The van der Waals surface area contributed by atoms with Crippen LogP contribution in [-0.2, 0) is 33.3 Å². The van der Waals surface area contributed by atoms with Gasteiger partial charge in [-0.1, -0.05) is 207 Å². The summed E-state index contributed by atoms with van der Waals surface area (Å²) < 4.78 is 22.8. The number of carbonyl (C=O) groups excluding carboxylic acids is 2.